The van der Waals surface area contributed by atoms with Crippen LogP contribution in [-0.2, 0) is 6.42 Å². The molecule has 0 amide bonds. The van der Waals surface area contributed by atoms with Crippen molar-refractivity contribution in [2.75, 3.05) is 19.5 Å². The number of nitro benzene ring substituents is 1. The largest absolute Gasteiger partial charge is 0.497 e. The van der Waals surface area contributed by atoms with Gasteiger partial charge < -0.3 is 14.6 Å². The number of rotatable bonds is 6. The van der Waals surface area contributed by atoms with Gasteiger partial charge in [-0.05, 0) is 53.3 Å². The highest BCUT2D eigenvalue weighted by molar-refractivity contribution is 8.02. The number of thioether (sulfide) groups is 1. The van der Waals surface area contributed by atoms with Crippen LogP contribution in [0.15, 0.2) is 54.1 Å². The lowest BCUT2D eigenvalue weighted by Crippen LogP contribution is -2.21. The number of ether oxygens (including phenoxy) is 1. The van der Waals surface area contributed by atoms with Crippen LogP contribution in [0.25, 0.3) is 16.6 Å². The third kappa shape index (κ3) is 3.50. The number of hydrogen-bond donors (Lipinski definition) is 1. The molecule has 138 valence electrons. The molecule has 0 radical (unpaired) electrons. The molecular weight excluding hydrogens is 362 g/mol. The van der Waals surface area contributed by atoms with Crippen LogP contribution in [0.3, 0.4) is 0 Å². The van der Waals surface area contributed by atoms with Gasteiger partial charge in [0.15, 0.2) is 0 Å². The van der Waals surface area contributed by atoms with Crippen molar-refractivity contribution in [3.05, 3.63) is 75.3 Å². The van der Waals surface area contributed by atoms with Crippen LogP contribution in [0.5, 0.6) is 5.75 Å². The van der Waals surface area contributed by atoms with Gasteiger partial charge in [0.25, 0.3) is 5.69 Å². The van der Waals surface area contributed by atoms with E-state index in [0.717, 1.165) is 41.4 Å². The van der Waals surface area contributed by atoms with Crippen LogP contribution in [-0.4, -0.2) is 34.3 Å². The van der Waals surface area contributed by atoms with E-state index in [0.29, 0.717) is 0 Å². The smallest absolute Gasteiger partial charge is 0.269 e. The zero-order valence-corrected chi connectivity index (χ0v) is 15.7. The van der Waals surface area contributed by atoms with E-state index in [1.807, 2.05) is 24.3 Å². The van der Waals surface area contributed by atoms with Crippen molar-refractivity contribution in [2.24, 2.45) is 0 Å². The van der Waals surface area contributed by atoms with Gasteiger partial charge in [-0.15, -0.1) is 11.8 Å². The molecule has 0 fully saturated rings. The standard InChI is InChI=1S/C20H19N3O3S/c1-26-17-6-7-19-18(10-17)15(11-21-19)8-9-22-13-27-12-20(22)14-2-4-16(5-3-14)23(24)25/h2-7,10-12,21H,8-9,13H2,1H3. The van der Waals surface area contributed by atoms with Gasteiger partial charge in [0.2, 0.25) is 0 Å². The molecule has 1 N–H and O–H groups in total. The van der Waals surface area contributed by atoms with Crippen LogP contribution in [0, 0.1) is 10.1 Å². The number of methoxy groups -OCH3 is 1. The van der Waals surface area contributed by atoms with Crippen molar-refractivity contribution in [3.8, 4) is 5.75 Å². The number of nitrogens with zero attached hydrogens (tertiary/aromatic N) is 2. The molecular formula is C20H19N3O3S. The third-order valence-corrected chi connectivity index (χ3v) is 5.62. The fourth-order valence-corrected chi connectivity index (χ4v) is 4.25. The van der Waals surface area contributed by atoms with Crippen LogP contribution >= 0.6 is 11.8 Å². The number of non-ortho nitro benzene ring substituents is 1. The van der Waals surface area contributed by atoms with E-state index in [-0.39, 0.29) is 10.6 Å². The molecule has 3 aromatic rings. The molecule has 0 saturated heterocycles. The Bertz CT molecular complexity index is 1010. The molecule has 0 bridgehead atoms. The van der Waals surface area contributed by atoms with Crippen molar-refractivity contribution in [1.82, 2.24) is 9.88 Å². The Balaban J connectivity index is 1.49. The molecule has 1 aliphatic heterocycles. The minimum atomic E-state index is -0.370. The average molecular weight is 381 g/mol. The van der Waals surface area contributed by atoms with E-state index in [9.17, 15) is 10.1 Å². The molecule has 1 aromatic heterocycles. The van der Waals surface area contributed by atoms with Gasteiger partial charge in [-0.3, -0.25) is 10.1 Å². The molecule has 7 heteroatoms. The Labute approximate surface area is 161 Å². The number of aromatic nitrogens is 1. The Morgan fingerprint density at radius 1 is 1.26 bits per heavy atom. The van der Waals surface area contributed by atoms with Gasteiger partial charge in [0.05, 0.1) is 23.6 Å². The van der Waals surface area contributed by atoms with Crippen molar-refractivity contribution in [2.45, 2.75) is 6.42 Å². The highest BCUT2D eigenvalue weighted by Crippen LogP contribution is 2.32. The summed E-state index contributed by atoms with van der Waals surface area (Å²) in [5.74, 6) is 1.74. The zero-order valence-electron chi connectivity index (χ0n) is 14.8. The summed E-state index contributed by atoms with van der Waals surface area (Å²) >= 11 is 1.74. The monoisotopic (exact) mass is 381 g/mol. The van der Waals surface area contributed by atoms with Gasteiger partial charge in [0, 0.05) is 35.8 Å². The summed E-state index contributed by atoms with van der Waals surface area (Å²) in [5, 5.41) is 14.2. The summed E-state index contributed by atoms with van der Waals surface area (Å²) in [5.41, 5.74) is 4.60. The highest BCUT2D eigenvalue weighted by Gasteiger charge is 2.18. The van der Waals surface area contributed by atoms with Gasteiger partial charge in [-0.2, -0.15) is 0 Å². The first-order chi connectivity index (χ1) is 13.2. The summed E-state index contributed by atoms with van der Waals surface area (Å²) in [6, 6.07) is 12.8. The Hall–Kier alpha value is -2.93. The SMILES string of the molecule is COc1ccc2[nH]cc(CCN3CSC=C3c3ccc([N+](=O)[O-])cc3)c2c1. The molecule has 4 rings (SSSR count). The van der Waals surface area contributed by atoms with Gasteiger partial charge in [-0.1, -0.05) is 0 Å². The average Bonchev–Trinajstić information content (AvgIpc) is 3.32. The first-order valence-corrected chi connectivity index (χ1v) is 9.66. The van der Waals surface area contributed by atoms with Crippen molar-refractivity contribution >= 4 is 34.0 Å². The fourth-order valence-electron chi connectivity index (χ4n) is 3.29. The highest BCUT2D eigenvalue weighted by atomic mass is 32.2. The maximum Gasteiger partial charge on any atom is 0.269 e. The first kappa shape index (κ1) is 17.5. The first-order valence-electron chi connectivity index (χ1n) is 8.61. The van der Waals surface area contributed by atoms with E-state index < -0.39 is 0 Å². The van der Waals surface area contributed by atoms with Crippen LogP contribution in [0.1, 0.15) is 11.1 Å². The van der Waals surface area contributed by atoms with E-state index in [1.165, 1.54) is 10.9 Å². The lowest BCUT2D eigenvalue weighted by molar-refractivity contribution is -0.384. The summed E-state index contributed by atoms with van der Waals surface area (Å²) in [7, 11) is 1.68. The lowest BCUT2D eigenvalue weighted by Gasteiger charge is -2.21. The van der Waals surface area contributed by atoms with Crippen molar-refractivity contribution < 1.29 is 9.66 Å². The van der Waals surface area contributed by atoms with E-state index in [2.05, 4.69) is 27.6 Å². The Morgan fingerprint density at radius 3 is 2.81 bits per heavy atom. The lowest BCUT2D eigenvalue weighted by atomic mass is 10.1. The van der Waals surface area contributed by atoms with Gasteiger partial charge in [0.1, 0.15) is 5.75 Å². The van der Waals surface area contributed by atoms with Crippen LogP contribution in [0.4, 0.5) is 5.69 Å². The number of H-pyrrole nitrogens is 1. The van der Waals surface area contributed by atoms with E-state index >= 15 is 0 Å². The number of nitrogens with one attached hydrogen (secondary N) is 1. The molecule has 0 atom stereocenters. The Morgan fingerprint density at radius 2 is 2.07 bits per heavy atom. The normalized spacial score (nSPS) is 13.8. The minimum absolute atomic E-state index is 0.115. The summed E-state index contributed by atoms with van der Waals surface area (Å²) < 4.78 is 5.34. The van der Waals surface area contributed by atoms with E-state index in [1.54, 1.807) is 31.0 Å². The zero-order chi connectivity index (χ0) is 18.8. The van der Waals surface area contributed by atoms with E-state index in [4.69, 9.17) is 4.74 Å². The summed E-state index contributed by atoms with van der Waals surface area (Å²) in [6.07, 6.45) is 2.96. The maximum absolute atomic E-state index is 10.8. The molecule has 1 aliphatic rings. The molecule has 0 aliphatic carbocycles. The van der Waals surface area contributed by atoms with Crippen LogP contribution < -0.4 is 4.74 Å². The Kier molecular flexibility index (Phi) is 4.77. The molecule has 0 unspecified atom stereocenters. The van der Waals surface area contributed by atoms with Gasteiger partial charge in [-0.25, -0.2) is 0 Å². The second-order valence-corrected chi connectivity index (χ2v) is 7.17. The topological polar surface area (TPSA) is 71.4 Å². The second kappa shape index (κ2) is 7.36. The number of hydrogen-bond acceptors (Lipinski definition) is 5. The summed E-state index contributed by atoms with van der Waals surface area (Å²) in [4.78, 5) is 16.1. The van der Waals surface area contributed by atoms with Crippen molar-refractivity contribution in [3.63, 3.8) is 0 Å². The molecule has 0 saturated carbocycles. The molecule has 0 spiro atoms. The quantitative estimate of drug-likeness (QED) is 0.498. The molecule has 6 nitrogen and oxygen atoms in total. The predicted octanol–water partition coefficient (Wildman–Crippen LogP) is 4.63. The van der Waals surface area contributed by atoms with Crippen molar-refractivity contribution in [1.29, 1.82) is 0 Å². The number of aromatic amines is 1. The van der Waals surface area contributed by atoms with Crippen LogP contribution in [0.2, 0.25) is 0 Å². The molecule has 2 aromatic carbocycles. The molecule has 2 heterocycles. The number of nitro groups is 1. The third-order valence-electron chi connectivity index (χ3n) is 4.77. The second-order valence-electron chi connectivity index (χ2n) is 6.34. The fraction of sp³-hybridized carbons (Fsp3) is 0.200. The number of fused-ring (bicyclic) bond motifs is 1. The van der Waals surface area contributed by atoms with Gasteiger partial charge >= 0.3 is 0 Å². The predicted molar refractivity (Wildman–Crippen MR) is 109 cm³/mol. The summed E-state index contributed by atoms with van der Waals surface area (Å²) in [6.45, 7) is 0.875. The maximum atomic E-state index is 10.8. The molecule has 27 heavy (non-hydrogen) atoms. The minimum Gasteiger partial charge on any atom is -0.497 e. The number of benzene rings is 2.